The lowest BCUT2D eigenvalue weighted by molar-refractivity contribution is -0.140. The van der Waals surface area contributed by atoms with Crippen LogP contribution >= 0.6 is 11.8 Å². The zero-order chi connectivity index (χ0) is 18.8. The number of para-hydroxylation sites is 1. The van der Waals surface area contributed by atoms with Crippen molar-refractivity contribution in [3.63, 3.8) is 0 Å². The summed E-state index contributed by atoms with van der Waals surface area (Å²) in [5, 5.41) is 1.19. The molecule has 0 N–H and O–H groups in total. The minimum Gasteiger partial charge on any atom is -0.372 e. The molecular weight excluding hydrogens is 350 g/mol. The summed E-state index contributed by atoms with van der Waals surface area (Å²) in [4.78, 5) is 31.9. The first-order valence-electron chi connectivity index (χ1n) is 8.94. The lowest BCUT2D eigenvalue weighted by atomic mass is 10.2. The number of carbonyl (C=O) groups is 1. The van der Waals surface area contributed by atoms with Gasteiger partial charge in [0.15, 0.2) is 5.16 Å². The average Bonchev–Trinajstić information content (AvgIpc) is 2.58. The number of amides is 1. The molecule has 3 rings (SSSR count). The Kier molecular flexibility index (Phi) is 5.67. The molecule has 2 aromatic rings. The van der Waals surface area contributed by atoms with Crippen molar-refractivity contribution in [3.05, 3.63) is 34.6 Å². The number of aromatic nitrogens is 2. The molecule has 1 fully saturated rings. The van der Waals surface area contributed by atoms with E-state index in [1.165, 1.54) is 11.8 Å². The number of carbonyl (C=O) groups excluding carboxylic acids is 1. The van der Waals surface area contributed by atoms with Crippen LogP contribution in [0.4, 0.5) is 0 Å². The van der Waals surface area contributed by atoms with Gasteiger partial charge >= 0.3 is 0 Å². The summed E-state index contributed by atoms with van der Waals surface area (Å²) in [6.07, 6.45) is 0.0840. The minimum absolute atomic E-state index is 0.0272. The van der Waals surface area contributed by atoms with Gasteiger partial charge in [-0.2, -0.15) is 0 Å². The lowest BCUT2D eigenvalue weighted by Gasteiger charge is -2.35. The Bertz CT molecular complexity index is 855. The van der Waals surface area contributed by atoms with Gasteiger partial charge in [-0.15, -0.1) is 0 Å². The van der Waals surface area contributed by atoms with Gasteiger partial charge in [-0.05, 0) is 39.8 Å². The van der Waals surface area contributed by atoms with E-state index in [4.69, 9.17) is 4.74 Å². The molecule has 1 aromatic heterocycles. The highest BCUT2D eigenvalue weighted by Crippen LogP contribution is 2.22. The van der Waals surface area contributed by atoms with Gasteiger partial charge in [-0.3, -0.25) is 14.2 Å². The maximum Gasteiger partial charge on any atom is 0.262 e. The van der Waals surface area contributed by atoms with Crippen molar-refractivity contribution in [1.29, 1.82) is 0 Å². The molecule has 2 heterocycles. The van der Waals surface area contributed by atoms with Crippen molar-refractivity contribution in [1.82, 2.24) is 14.5 Å². The second-order valence-electron chi connectivity index (χ2n) is 7.03. The second kappa shape index (κ2) is 7.80. The molecule has 7 heteroatoms. The Balaban J connectivity index is 1.83. The second-order valence-corrected chi connectivity index (χ2v) is 7.97. The van der Waals surface area contributed by atoms with Gasteiger partial charge in [0.1, 0.15) is 0 Å². The van der Waals surface area contributed by atoms with Gasteiger partial charge < -0.3 is 9.64 Å². The third-order valence-electron chi connectivity index (χ3n) is 4.39. The topological polar surface area (TPSA) is 64.4 Å². The SMILES string of the molecule is CC(C)n1c(SCC(=O)N2C[C@@H](C)O[C@H](C)C2)nc2ccccc2c1=O. The summed E-state index contributed by atoms with van der Waals surface area (Å²) in [5.74, 6) is 0.312. The highest BCUT2D eigenvalue weighted by atomic mass is 32.2. The van der Waals surface area contributed by atoms with Crippen LogP contribution in [0.15, 0.2) is 34.2 Å². The third kappa shape index (κ3) is 3.94. The van der Waals surface area contributed by atoms with Gasteiger partial charge in [-0.1, -0.05) is 23.9 Å². The largest absolute Gasteiger partial charge is 0.372 e. The van der Waals surface area contributed by atoms with E-state index in [1.54, 1.807) is 10.6 Å². The maximum absolute atomic E-state index is 12.8. The number of hydrogen-bond acceptors (Lipinski definition) is 5. The van der Waals surface area contributed by atoms with Gasteiger partial charge in [0.25, 0.3) is 5.56 Å². The molecule has 0 saturated carbocycles. The fourth-order valence-electron chi connectivity index (χ4n) is 3.28. The van der Waals surface area contributed by atoms with E-state index < -0.39 is 0 Å². The molecule has 140 valence electrons. The molecule has 6 nitrogen and oxygen atoms in total. The maximum atomic E-state index is 12.8. The van der Waals surface area contributed by atoms with Crippen LogP contribution in [-0.2, 0) is 9.53 Å². The molecule has 0 spiro atoms. The first-order chi connectivity index (χ1) is 12.4. The van der Waals surface area contributed by atoms with Crippen LogP contribution < -0.4 is 5.56 Å². The summed E-state index contributed by atoms with van der Waals surface area (Å²) < 4.78 is 7.36. The zero-order valence-electron chi connectivity index (χ0n) is 15.6. The molecule has 1 saturated heterocycles. The summed E-state index contributed by atoms with van der Waals surface area (Å²) in [6.45, 7) is 9.07. The predicted molar refractivity (Wildman–Crippen MR) is 104 cm³/mol. The third-order valence-corrected chi connectivity index (χ3v) is 5.33. The molecular formula is C19H25N3O3S. The molecule has 1 amide bonds. The first kappa shape index (κ1) is 18.9. The summed E-state index contributed by atoms with van der Waals surface area (Å²) >= 11 is 1.33. The molecule has 1 aliphatic rings. The molecule has 1 aromatic carbocycles. The Morgan fingerprint density at radius 2 is 1.92 bits per heavy atom. The Morgan fingerprint density at radius 3 is 2.58 bits per heavy atom. The van der Waals surface area contributed by atoms with E-state index in [9.17, 15) is 9.59 Å². The monoisotopic (exact) mass is 375 g/mol. The number of rotatable bonds is 4. The number of thioether (sulfide) groups is 1. The van der Waals surface area contributed by atoms with Crippen LogP contribution in [0.5, 0.6) is 0 Å². The van der Waals surface area contributed by atoms with Crippen LogP contribution in [0.1, 0.15) is 33.7 Å². The normalized spacial score (nSPS) is 20.7. The van der Waals surface area contributed by atoms with Crippen LogP contribution in [-0.4, -0.2) is 51.4 Å². The molecule has 26 heavy (non-hydrogen) atoms. The lowest BCUT2D eigenvalue weighted by Crippen LogP contribution is -2.48. The number of ether oxygens (including phenoxy) is 1. The zero-order valence-corrected chi connectivity index (χ0v) is 16.5. The van der Waals surface area contributed by atoms with Crippen LogP contribution in [0.2, 0.25) is 0 Å². The average molecular weight is 375 g/mol. The van der Waals surface area contributed by atoms with Gasteiger partial charge in [0.2, 0.25) is 5.91 Å². The number of morpholine rings is 1. The van der Waals surface area contributed by atoms with E-state index in [1.807, 2.05) is 50.8 Å². The van der Waals surface area contributed by atoms with Crippen LogP contribution in [0.25, 0.3) is 10.9 Å². The molecule has 0 unspecified atom stereocenters. The van der Waals surface area contributed by atoms with Crippen LogP contribution in [0, 0.1) is 0 Å². The van der Waals surface area contributed by atoms with Crippen molar-refractivity contribution in [2.24, 2.45) is 0 Å². The molecule has 0 aliphatic carbocycles. The Morgan fingerprint density at radius 1 is 1.27 bits per heavy atom. The first-order valence-corrected chi connectivity index (χ1v) is 9.92. The fourth-order valence-corrected chi connectivity index (χ4v) is 4.31. The molecule has 0 bridgehead atoms. The quantitative estimate of drug-likeness (QED) is 0.607. The summed E-state index contributed by atoms with van der Waals surface area (Å²) in [6, 6.07) is 7.30. The smallest absolute Gasteiger partial charge is 0.262 e. The van der Waals surface area contributed by atoms with E-state index in [0.717, 1.165) is 0 Å². The number of nitrogens with zero attached hydrogens (tertiary/aromatic N) is 3. The van der Waals surface area contributed by atoms with E-state index in [0.29, 0.717) is 29.1 Å². The summed E-state index contributed by atoms with van der Waals surface area (Å²) in [5.41, 5.74) is 0.604. The fraction of sp³-hybridized carbons (Fsp3) is 0.526. The van der Waals surface area contributed by atoms with Crippen molar-refractivity contribution >= 4 is 28.6 Å². The highest BCUT2D eigenvalue weighted by Gasteiger charge is 2.26. The Hall–Kier alpha value is -1.86. The minimum atomic E-state index is -0.0610. The molecule has 2 atom stereocenters. The van der Waals surface area contributed by atoms with Crippen molar-refractivity contribution in [3.8, 4) is 0 Å². The summed E-state index contributed by atoms with van der Waals surface area (Å²) in [7, 11) is 0. The van der Waals surface area contributed by atoms with Crippen molar-refractivity contribution < 1.29 is 9.53 Å². The molecule has 1 aliphatic heterocycles. The van der Waals surface area contributed by atoms with Crippen LogP contribution in [0.3, 0.4) is 0 Å². The number of fused-ring (bicyclic) bond motifs is 1. The standard InChI is InChI=1S/C19H25N3O3S/c1-12(2)22-18(24)15-7-5-6-8-16(15)20-19(22)26-11-17(23)21-9-13(3)25-14(4)10-21/h5-8,12-14H,9-11H2,1-4H3/t13-,14-/m1/s1. The van der Waals surface area contributed by atoms with E-state index in [-0.39, 0.29) is 35.5 Å². The predicted octanol–water partition coefficient (Wildman–Crippen LogP) is 2.71. The van der Waals surface area contributed by atoms with Gasteiger partial charge in [-0.25, -0.2) is 4.98 Å². The van der Waals surface area contributed by atoms with Gasteiger partial charge in [0, 0.05) is 19.1 Å². The Labute approximate surface area is 157 Å². The molecule has 0 radical (unpaired) electrons. The number of benzene rings is 1. The van der Waals surface area contributed by atoms with Gasteiger partial charge in [0.05, 0.1) is 28.9 Å². The van der Waals surface area contributed by atoms with E-state index >= 15 is 0 Å². The van der Waals surface area contributed by atoms with Crippen molar-refractivity contribution in [2.45, 2.75) is 51.1 Å². The highest BCUT2D eigenvalue weighted by molar-refractivity contribution is 7.99. The van der Waals surface area contributed by atoms with E-state index in [2.05, 4.69) is 4.98 Å². The number of hydrogen-bond donors (Lipinski definition) is 0. The van der Waals surface area contributed by atoms with Crippen molar-refractivity contribution in [2.75, 3.05) is 18.8 Å².